The Balaban J connectivity index is 1.20. The number of carbonyl (C=O) groups is 5. The van der Waals surface area contributed by atoms with Gasteiger partial charge in [0.1, 0.15) is 24.4 Å². The molecule has 7 N–H and O–H groups in total. The molecule has 3 amide bonds. The number of nitrogens with two attached hydrogens (primary N) is 1. The number of Topliss-reactive ketones (excluding diaryl/α,β-unsaturated/α-hetero) is 1. The van der Waals surface area contributed by atoms with Gasteiger partial charge in [-0.15, -0.1) is 0 Å². The molecule has 14 nitrogen and oxygen atoms in total. The van der Waals surface area contributed by atoms with E-state index in [1.807, 2.05) is 74.5 Å². The second-order valence-electron chi connectivity index (χ2n) is 17.1. The number of nitrogens with zero attached hydrogens (tertiary/aromatic N) is 1. The molecule has 2 heterocycles. The van der Waals surface area contributed by atoms with Gasteiger partial charge in [0.05, 0.1) is 30.6 Å². The van der Waals surface area contributed by atoms with Gasteiger partial charge in [0, 0.05) is 55.1 Å². The molecule has 2 aliphatic rings. The zero-order valence-corrected chi connectivity index (χ0v) is 35.6. The van der Waals surface area contributed by atoms with E-state index in [-0.39, 0.29) is 44.3 Å². The first kappa shape index (κ1) is 45.7. The summed E-state index contributed by atoms with van der Waals surface area (Å²) in [7, 11) is 0. The van der Waals surface area contributed by atoms with Crippen LogP contribution in [0.5, 0.6) is 5.75 Å². The minimum atomic E-state index is -1.51. The summed E-state index contributed by atoms with van der Waals surface area (Å²) in [5.74, 6) is -3.18. The van der Waals surface area contributed by atoms with Crippen LogP contribution in [0.2, 0.25) is 0 Å². The van der Waals surface area contributed by atoms with Crippen LogP contribution >= 0.6 is 0 Å². The van der Waals surface area contributed by atoms with Gasteiger partial charge in [0.2, 0.25) is 17.7 Å². The summed E-state index contributed by atoms with van der Waals surface area (Å²) in [4.78, 5) is 76.5. The van der Waals surface area contributed by atoms with E-state index >= 15 is 0 Å². The Morgan fingerprint density at radius 1 is 0.887 bits per heavy atom. The number of hydrogen-bond donors (Lipinski definition) is 6. The Bertz CT molecular complexity index is 2090. The van der Waals surface area contributed by atoms with Gasteiger partial charge in [0.25, 0.3) is 0 Å². The van der Waals surface area contributed by atoms with Crippen molar-refractivity contribution in [3.63, 3.8) is 0 Å². The number of nitrogens with one attached hydrogen (secondary N) is 4. The number of ketones is 1. The van der Waals surface area contributed by atoms with Crippen LogP contribution in [0, 0.1) is 17.8 Å². The van der Waals surface area contributed by atoms with Crippen LogP contribution < -0.4 is 26.4 Å². The fraction of sp³-hybridized carbons (Fsp3) is 0.458. The molecular weight excluding hydrogens is 789 g/mol. The highest BCUT2D eigenvalue weighted by Gasteiger charge is 2.41. The molecule has 4 aromatic rings. The molecule has 62 heavy (non-hydrogen) atoms. The number of imidazole rings is 1. The number of rotatable bonds is 21. The Morgan fingerprint density at radius 2 is 1.60 bits per heavy atom. The quantitative estimate of drug-likeness (QED) is 0.0636. The zero-order valence-electron chi connectivity index (χ0n) is 35.6. The number of aromatic nitrogens is 2. The molecule has 0 bridgehead atoms. The Kier molecular flexibility index (Phi) is 16.4. The van der Waals surface area contributed by atoms with Gasteiger partial charge >= 0.3 is 5.97 Å². The van der Waals surface area contributed by atoms with E-state index in [4.69, 9.17) is 15.2 Å². The predicted octanol–water partition coefficient (Wildman–Crippen LogP) is 4.70. The lowest BCUT2D eigenvalue weighted by Gasteiger charge is -2.33. The van der Waals surface area contributed by atoms with Crippen LogP contribution in [-0.4, -0.2) is 81.9 Å². The Morgan fingerprint density at radius 3 is 2.27 bits per heavy atom. The van der Waals surface area contributed by atoms with Crippen molar-refractivity contribution in [2.75, 3.05) is 13.2 Å². The van der Waals surface area contributed by atoms with Crippen molar-refractivity contribution in [1.29, 1.82) is 0 Å². The third-order valence-electron chi connectivity index (χ3n) is 11.8. The van der Waals surface area contributed by atoms with Gasteiger partial charge < -0.3 is 41.2 Å². The number of ether oxygens (including phenoxy) is 2. The summed E-state index contributed by atoms with van der Waals surface area (Å²) in [5, 5.41) is 20.4. The summed E-state index contributed by atoms with van der Waals surface area (Å²) in [6, 6.07) is 20.0. The smallest absolute Gasteiger partial charge is 0.338 e. The lowest BCUT2D eigenvalue weighted by molar-refractivity contribution is -0.136. The average Bonchev–Trinajstić information content (AvgIpc) is 3.96. The molecule has 0 spiro atoms. The molecule has 14 heteroatoms. The van der Waals surface area contributed by atoms with E-state index in [9.17, 15) is 29.1 Å². The summed E-state index contributed by atoms with van der Waals surface area (Å²) >= 11 is 0. The first-order chi connectivity index (χ1) is 29.9. The van der Waals surface area contributed by atoms with Gasteiger partial charge in [-0.05, 0) is 47.6 Å². The van der Waals surface area contributed by atoms with Crippen LogP contribution in [-0.2, 0) is 43.4 Å². The average molecular weight is 849 g/mol. The van der Waals surface area contributed by atoms with Crippen molar-refractivity contribution < 1.29 is 38.6 Å². The molecular formula is C48H60N6O8. The van der Waals surface area contributed by atoms with Gasteiger partial charge in [0.15, 0.2) is 5.78 Å². The summed E-state index contributed by atoms with van der Waals surface area (Å²) in [6.45, 7) is 4.56. The molecule has 1 aromatic heterocycles. The molecule has 1 saturated carbocycles. The predicted molar refractivity (Wildman–Crippen MR) is 233 cm³/mol. The molecule has 1 aliphatic carbocycles. The standard InChI is InChI=1S/C48H60N6O8/c1-30(2)25-51-47(59)43(49)45(57)38(20-31-12-6-3-7-13-31)44(56)39(24-36-26-50-29-52-36)54-46(58)40(21-32-14-8-4-9-15-32)53-42(55)23-35-28-61-41-19-18-34(22-37(35)41)48(60)62-27-33-16-10-5-11-17-33/h4-5,8-11,14-19,22,26,29-31,35,38-40,43,45,57H,3,6-7,12-13,20-21,23-25,27-28,49H2,1-2H3,(H,50,52)(H,51,59)(H,53,55)(H,54,58)/t35?,38-,39+,40+,43?,45+/m1/s1. The van der Waals surface area contributed by atoms with Crippen molar-refractivity contribution in [2.24, 2.45) is 23.5 Å². The summed E-state index contributed by atoms with van der Waals surface area (Å²) in [5.41, 5.74) is 9.59. The fourth-order valence-corrected chi connectivity index (χ4v) is 8.32. The number of aliphatic hydroxyl groups is 1. The third kappa shape index (κ3) is 12.8. The summed E-state index contributed by atoms with van der Waals surface area (Å²) < 4.78 is 11.4. The highest BCUT2D eigenvalue weighted by Crippen LogP contribution is 2.37. The maximum absolute atomic E-state index is 14.8. The minimum Gasteiger partial charge on any atom is -0.493 e. The maximum atomic E-state index is 14.8. The number of esters is 1. The number of hydrogen-bond acceptors (Lipinski definition) is 10. The molecule has 1 aliphatic heterocycles. The Labute approximate surface area is 363 Å². The van der Waals surface area contributed by atoms with Crippen LogP contribution in [0.4, 0.5) is 0 Å². The Hall–Kier alpha value is -5.86. The molecule has 0 saturated heterocycles. The van der Waals surface area contributed by atoms with Gasteiger partial charge in [-0.3, -0.25) is 19.2 Å². The highest BCUT2D eigenvalue weighted by atomic mass is 16.5. The lowest BCUT2D eigenvalue weighted by atomic mass is 9.76. The molecule has 6 atom stereocenters. The number of carbonyl (C=O) groups excluding carboxylic acids is 5. The lowest BCUT2D eigenvalue weighted by Crippen LogP contribution is -2.58. The molecule has 2 unspecified atom stereocenters. The van der Waals surface area contributed by atoms with Crippen LogP contribution in [0.25, 0.3) is 0 Å². The topological polar surface area (TPSA) is 215 Å². The minimum absolute atomic E-state index is 0.0194. The van der Waals surface area contributed by atoms with Gasteiger partial charge in [-0.2, -0.15) is 0 Å². The molecule has 6 rings (SSSR count). The van der Waals surface area contributed by atoms with Crippen molar-refractivity contribution in [1.82, 2.24) is 25.9 Å². The van der Waals surface area contributed by atoms with Crippen molar-refractivity contribution in [2.45, 2.75) is 108 Å². The number of aliphatic hydroxyl groups excluding tert-OH is 1. The molecule has 330 valence electrons. The number of aromatic amines is 1. The van der Waals surface area contributed by atoms with Crippen molar-refractivity contribution in [3.8, 4) is 5.75 Å². The summed E-state index contributed by atoms with van der Waals surface area (Å²) in [6.07, 6.45) is 6.77. The first-order valence-corrected chi connectivity index (χ1v) is 21.8. The number of benzene rings is 3. The first-order valence-electron chi connectivity index (χ1n) is 21.8. The van der Waals surface area contributed by atoms with Crippen LogP contribution in [0.3, 0.4) is 0 Å². The van der Waals surface area contributed by atoms with E-state index < -0.39 is 65.5 Å². The van der Waals surface area contributed by atoms with E-state index in [1.54, 1.807) is 24.4 Å². The van der Waals surface area contributed by atoms with E-state index in [0.717, 1.165) is 43.2 Å². The van der Waals surface area contributed by atoms with Crippen molar-refractivity contribution >= 4 is 29.5 Å². The SMILES string of the molecule is CC(C)CNC(=O)C(N)[C@@H](O)[C@H](CC1CCCCC1)C(=O)[C@H](Cc1cnc[nH]1)NC(=O)[C@H](Cc1ccccc1)NC(=O)CC1COc2ccc(C(=O)OCc3ccccc3)cc21. The highest BCUT2D eigenvalue weighted by molar-refractivity contribution is 5.95. The third-order valence-corrected chi connectivity index (χ3v) is 11.8. The second-order valence-corrected chi connectivity index (χ2v) is 17.1. The van der Waals surface area contributed by atoms with Gasteiger partial charge in [-0.1, -0.05) is 107 Å². The number of H-pyrrole nitrogens is 1. The maximum Gasteiger partial charge on any atom is 0.338 e. The fourth-order valence-electron chi connectivity index (χ4n) is 8.32. The molecule has 3 aromatic carbocycles. The van der Waals surface area contributed by atoms with E-state index in [1.165, 1.54) is 6.33 Å². The van der Waals surface area contributed by atoms with E-state index in [2.05, 4.69) is 25.9 Å². The molecule has 0 radical (unpaired) electrons. The monoisotopic (exact) mass is 848 g/mol. The number of amides is 3. The van der Waals surface area contributed by atoms with Crippen LogP contribution in [0.1, 0.15) is 97.5 Å². The number of fused-ring (bicyclic) bond motifs is 1. The second kappa shape index (κ2) is 22.3. The normalized spacial score (nSPS) is 17.4. The van der Waals surface area contributed by atoms with Gasteiger partial charge in [-0.25, -0.2) is 9.78 Å². The molecule has 1 fully saturated rings. The van der Waals surface area contributed by atoms with Crippen molar-refractivity contribution in [3.05, 3.63) is 119 Å². The largest absolute Gasteiger partial charge is 0.493 e. The van der Waals surface area contributed by atoms with E-state index in [0.29, 0.717) is 35.5 Å². The van der Waals surface area contributed by atoms with Crippen LogP contribution in [0.15, 0.2) is 91.4 Å². The zero-order chi connectivity index (χ0) is 44.0.